The molecule has 1 unspecified atom stereocenters. The van der Waals surface area contributed by atoms with E-state index >= 15 is 0 Å². The summed E-state index contributed by atoms with van der Waals surface area (Å²) in [5.74, 6) is 0.455. The van der Waals surface area contributed by atoms with Crippen molar-refractivity contribution in [1.29, 1.82) is 0 Å². The van der Waals surface area contributed by atoms with Crippen molar-refractivity contribution in [3.05, 3.63) is 28.0 Å². The molecule has 164 valence electrons. The predicted octanol–water partition coefficient (Wildman–Crippen LogP) is 2.74. The Labute approximate surface area is 190 Å². The second kappa shape index (κ2) is 9.85. The smallest absolute Gasteiger partial charge is 0.251 e. The minimum Gasteiger partial charge on any atom is -0.351 e. The molecule has 2 aliphatic rings. The third kappa shape index (κ3) is 5.46. The number of carbonyl (C=O) groups excluding carboxylic acids is 3. The number of halogens is 2. The van der Waals surface area contributed by atoms with Crippen molar-refractivity contribution in [2.45, 2.75) is 38.1 Å². The Morgan fingerprint density at radius 1 is 1.17 bits per heavy atom. The summed E-state index contributed by atoms with van der Waals surface area (Å²) in [6, 6.07) is 2.87. The highest BCUT2D eigenvalue weighted by Crippen LogP contribution is 2.47. The van der Waals surface area contributed by atoms with Crippen LogP contribution in [0.15, 0.2) is 12.1 Å². The second-order valence-corrected chi connectivity index (χ2v) is 9.72. The summed E-state index contributed by atoms with van der Waals surface area (Å²) >= 11 is 12.8. The zero-order chi connectivity index (χ0) is 21.9. The maximum Gasteiger partial charge on any atom is 0.251 e. The molecule has 0 spiro atoms. The average molecular weight is 473 g/mol. The highest BCUT2D eigenvalue weighted by Gasteiger charge is 2.53. The second-order valence-electron chi connectivity index (χ2n) is 7.88. The summed E-state index contributed by atoms with van der Waals surface area (Å²) in [6.45, 7) is 3.18. The highest BCUT2D eigenvalue weighted by molar-refractivity contribution is 8.13. The molecule has 1 aromatic heterocycles. The molecular weight excluding hydrogens is 447 g/mol. The molecule has 3 N–H and O–H groups in total. The third-order valence-electron chi connectivity index (χ3n) is 5.87. The summed E-state index contributed by atoms with van der Waals surface area (Å²) < 4.78 is 0. The van der Waals surface area contributed by atoms with Gasteiger partial charge in [0.15, 0.2) is 0 Å². The quantitative estimate of drug-likeness (QED) is 0.466. The number of aromatic nitrogens is 1. The lowest BCUT2D eigenvalue weighted by atomic mass is 9.76. The van der Waals surface area contributed by atoms with Crippen molar-refractivity contribution in [3.8, 4) is 0 Å². The summed E-state index contributed by atoms with van der Waals surface area (Å²) in [7, 11) is 0. The number of amides is 2. The molecule has 0 aromatic carbocycles. The Bertz CT molecular complexity index is 808. The van der Waals surface area contributed by atoms with Gasteiger partial charge in [0.2, 0.25) is 11.0 Å². The first kappa shape index (κ1) is 23.3. The van der Waals surface area contributed by atoms with Gasteiger partial charge in [0.1, 0.15) is 10.3 Å². The normalized spacial score (nSPS) is 19.3. The SMILES string of the molecule is CC(=O)N1CCC(C(N)(C(=O)SCCNC(=O)c2cc(Cl)nc(Cl)c2)C2CC2)CC1. The van der Waals surface area contributed by atoms with Gasteiger partial charge in [-0.05, 0) is 49.7 Å². The van der Waals surface area contributed by atoms with Gasteiger partial charge in [-0.1, -0.05) is 35.0 Å². The fraction of sp³-hybridized carbons (Fsp3) is 0.600. The molecule has 10 heteroatoms. The van der Waals surface area contributed by atoms with Gasteiger partial charge < -0.3 is 16.0 Å². The molecule has 1 saturated carbocycles. The number of thioether (sulfide) groups is 1. The van der Waals surface area contributed by atoms with Crippen LogP contribution in [-0.4, -0.2) is 57.7 Å². The van der Waals surface area contributed by atoms with Crippen LogP contribution >= 0.6 is 35.0 Å². The van der Waals surface area contributed by atoms with Crippen LogP contribution in [0, 0.1) is 11.8 Å². The van der Waals surface area contributed by atoms with Crippen LogP contribution in [0.5, 0.6) is 0 Å². The van der Waals surface area contributed by atoms with E-state index in [2.05, 4.69) is 10.3 Å². The van der Waals surface area contributed by atoms with Crippen LogP contribution in [-0.2, 0) is 9.59 Å². The molecular formula is C20H26Cl2N4O3S. The monoisotopic (exact) mass is 472 g/mol. The maximum atomic E-state index is 13.1. The minimum atomic E-state index is -0.857. The van der Waals surface area contributed by atoms with Gasteiger partial charge in [0, 0.05) is 37.9 Å². The van der Waals surface area contributed by atoms with Gasteiger partial charge in [-0.2, -0.15) is 0 Å². The van der Waals surface area contributed by atoms with Crippen LogP contribution in [0.4, 0.5) is 0 Å². The lowest BCUT2D eigenvalue weighted by molar-refractivity contribution is -0.131. The average Bonchev–Trinajstić information content (AvgIpc) is 3.55. The van der Waals surface area contributed by atoms with Crippen LogP contribution in [0.3, 0.4) is 0 Å². The van der Waals surface area contributed by atoms with Crippen molar-refractivity contribution in [1.82, 2.24) is 15.2 Å². The van der Waals surface area contributed by atoms with Crippen LogP contribution in [0.25, 0.3) is 0 Å². The Morgan fingerprint density at radius 2 is 1.73 bits per heavy atom. The molecule has 7 nitrogen and oxygen atoms in total. The van der Waals surface area contributed by atoms with Gasteiger partial charge in [-0.25, -0.2) is 4.98 Å². The summed E-state index contributed by atoms with van der Waals surface area (Å²) in [5, 5.41) is 3.03. The third-order valence-corrected chi connectivity index (χ3v) is 7.28. The fourth-order valence-electron chi connectivity index (χ4n) is 4.03. The molecule has 2 amide bonds. The first-order valence-electron chi connectivity index (χ1n) is 10.0. The number of nitrogens with two attached hydrogens (primary N) is 1. The molecule has 0 bridgehead atoms. The number of pyridine rings is 1. The number of hydrogen-bond donors (Lipinski definition) is 2. The number of likely N-dealkylation sites (tertiary alicyclic amines) is 1. The lowest BCUT2D eigenvalue weighted by Crippen LogP contribution is -2.58. The summed E-state index contributed by atoms with van der Waals surface area (Å²) in [5.41, 5.74) is 6.17. The number of piperidine rings is 1. The first-order valence-corrected chi connectivity index (χ1v) is 11.8. The Morgan fingerprint density at radius 3 is 2.27 bits per heavy atom. The van der Waals surface area contributed by atoms with E-state index in [1.807, 2.05) is 4.90 Å². The molecule has 1 saturated heterocycles. The van der Waals surface area contributed by atoms with E-state index in [1.165, 1.54) is 23.9 Å². The van der Waals surface area contributed by atoms with Gasteiger partial charge in [-0.15, -0.1) is 0 Å². The maximum absolute atomic E-state index is 13.1. The largest absolute Gasteiger partial charge is 0.351 e. The fourth-order valence-corrected chi connectivity index (χ4v) is 5.46. The standard InChI is InChI=1S/C20H26Cl2N4O3S/c1-12(27)26-7-4-15(5-8-26)20(23,14-2-3-14)19(29)30-9-6-24-18(28)13-10-16(21)25-17(22)11-13/h10-11,14-15H,2-9,23H2,1H3,(H,24,28). The van der Waals surface area contributed by atoms with Crippen LogP contribution in [0.2, 0.25) is 10.3 Å². The summed E-state index contributed by atoms with van der Waals surface area (Å²) in [4.78, 5) is 42.5. The number of nitrogens with one attached hydrogen (secondary N) is 1. The van der Waals surface area contributed by atoms with Crippen molar-refractivity contribution in [2.24, 2.45) is 17.6 Å². The molecule has 30 heavy (non-hydrogen) atoms. The number of nitrogens with zero attached hydrogens (tertiary/aromatic N) is 2. The Hall–Kier alpha value is -1.35. The zero-order valence-electron chi connectivity index (χ0n) is 16.8. The van der Waals surface area contributed by atoms with Crippen molar-refractivity contribution in [2.75, 3.05) is 25.4 Å². The molecule has 1 aromatic rings. The van der Waals surface area contributed by atoms with E-state index in [-0.39, 0.29) is 39.1 Å². The number of rotatable bonds is 7. The van der Waals surface area contributed by atoms with E-state index in [0.717, 1.165) is 25.7 Å². The topological polar surface area (TPSA) is 105 Å². The molecule has 3 rings (SSSR count). The van der Waals surface area contributed by atoms with Crippen LogP contribution < -0.4 is 11.1 Å². The molecule has 2 fully saturated rings. The number of carbonyl (C=O) groups is 3. The van der Waals surface area contributed by atoms with Gasteiger partial charge in [-0.3, -0.25) is 14.4 Å². The minimum absolute atomic E-state index is 0.0180. The Balaban J connectivity index is 1.51. The van der Waals surface area contributed by atoms with Gasteiger partial charge in [0.05, 0.1) is 5.54 Å². The molecule has 1 aliphatic heterocycles. The number of hydrogen-bond acceptors (Lipinski definition) is 6. The van der Waals surface area contributed by atoms with Crippen molar-refractivity contribution >= 4 is 51.9 Å². The predicted molar refractivity (Wildman–Crippen MR) is 119 cm³/mol. The summed E-state index contributed by atoms with van der Waals surface area (Å²) in [6.07, 6.45) is 3.43. The molecule has 2 heterocycles. The van der Waals surface area contributed by atoms with E-state index in [4.69, 9.17) is 28.9 Å². The lowest BCUT2D eigenvalue weighted by Gasteiger charge is -2.41. The molecule has 0 radical (unpaired) electrons. The van der Waals surface area contributed by atoms with E-state index < -0.39 is 5.54 Å². The molecule has 1 aliphatic carbocycles. The van der Waals surface area contributed by atoms with Crippen LogP contribution in [0.1, 0.15) is 43.0 Å². The van der Waals surface area contributed by atoms with Crippen molar-refractivity contribution in [3.63, 3.8) is 0 Å². The van der Waals surface area contributed by atoms with E-state index in [1.54, 1.807) is 6.92 Å². The highest BCUT2D eigenvalue weighted by atomic mass is 35.5. The first-order chi connectivity index (χ1) is 14.2. The van der Waals surface area contributed by atoms with E-state index in [9.17, 15) is 14.4 Å². The van der Waals surface area contributed by atoms with Gasteiger partial charge in [0.25, 0.3) is 5.91 Å². The van der Waals surface area contributed by atoms with Gasteiger partial charge >= 0.3 is 0 Å². The Kier molecular flexibility index (Phi) is 7.66. The van der Waals surface area contributed by atoms with Crippen molar-refractivity contribution < 1.29 is 14.4 Å². The molecule has 1 atom stereocenters. The zero-order valence-corrected chi connectivity index (χ0v) is 19.2. The van der Waals surface area contributed by atoms with E-state index in [0.29, 0.717) is 31.0 Å².